The third-order valence-electron chi connectivity index (χ3n) is 2.26. The number of rotatable bonds is 6. The maximum atomic E-state index is 5.02. The molecule has 0 unspecified atom stereocenters. The molecule has 4 nitrogen and oxygen atoms in total. The van der Waals surface area contributed by atoms with Crippen molar-refractivity contribution in [1.29, 1.82) is 0 Å². The lowest BCUT2D eigenvalue weighted by atomic mass is 10.2. The van der Waals surface area contributed by atoms with E-state index < -0.39 is 0 Å². The fourth-order valence-corrected chi connectivity index (χ4v) is 2.13. The van der Waals surface area contributed by atoms with Gasteiger partial charge < -0.3 is 9.84 Å². The summed E-state index contributed by atoms with van der Waals surface area (Å²) >= 11 is 1.74. The Balaban J connectivity index is 1.59. The Hall–Kier alpha value is -1.20. The first kappa shape index (κ1) is 11.3. The Labute approximate surface area is 98.7 Å². The zero-order valence-corrected chi connectivity index (χ0v) is 10.1. The smallest absolute Gasteiger partial charge is 0.227 e. The summed E-state index contributed by atoms with van der Waals surface area (Å²) < 4.78 is 5.02. The Morgan fingerprint density at radius 2 is 2.25 bits per heavy atom. The minimum absolute atomic E-state index is 0.702. The molecule has 0 aliphatic rings. The van der Waals surface area contributed by atoms with E-state index in [1.165, 1.54) is 5.56 Å². The second-order valence-corrected chi connectivity index (χ2v) is 4.40. The molecule has 0 saturated heterocycles. The van der Waals surface area contributed by atoms with Gasteiger partial charge in [-0.05, 0) is 42.3 Å². The summed E-state index contributed by atoms with van der Waals surface area (Å²) in [5, 5.41) is 11.4. The third kappa shape index (κ3) is 3.43. The van der Waals surface area contributed by atoms with Crippen molar-refractivity contribution in [3.05, 3.63) is 34.1 Å². The summed E-state index contributed by atoms with van der Waals surface area (Å²) in [6, 6.07) is 2.16. The van der Waals surface area contributed by atoms with Gasteiger partial charge in [0.15, 0.2) is 5.82 Å². The Kier molecular flexibility index (Phi) is 4.07. The molecular formula is C11H15N3OS. The highest BCUT2D eigenvalue weighted by Gasteiger charge is 2.01. The van der Waals surface area contributed by atoms with Crippen LogP contribution in [0.15, 0.2) is 21.3 Å². The summed E-state index contributed by atoms with van der Waals surface area (Å²) in [6.45, 7) is 3.70. The number of thiophene rings is 1. The number of nitrogens with zero attached hydrogens (tertiary/aromatic N) is 2. The molecule has 0 amide bonds. The van der Waals surface area contributed by atoms with Gasteiger partial charge in [0.2, 0.25) is 5.89 Å². The quantitative estimate of drug-likeness (QED) is 0.779. The van der Waals surface area contributed by atoms with Gasteiger partial charge >= 0.3 is 0 Å². The predicted molar refractivity (Wildman–Crippen MR) is 63.6 cm³/mol. The zero-order chi connectivity index (χ0) is 11.2. The third-order valence-corrected chi connectivity index (χ3v) is 2.99. The molecule has 0 aromatic carbocycles. The first-order chi connectivity index (χ1) is 7.84. The van der Waals surface area contributed by atoms with Crippen LogP contribution in [0.3, 0.4) is 0 Å². The van der Waals surface area contributed by atoms with E-state index in [0.29, 0.717) is 11.7 Å². The Morgan fingerprint density at radius 1 is 1.38 bits per heavy atom. The second-order valence-electron chi connectivity index (χ2n) is 3.62. The lowest BCUT2D eigenvalue weighted by Crippen LogP contribution is -2.20. The number of hydrogen-bond donors (Lipinski definition) is 1. The van der Waals surface area contributed by atoms with E-state index in [9.17, 15) is 0 Å². The van der Waals surface area contributed by atoms with Crippen LogP contribution in [-0.2, 0) is 12.8 Å². The van der Waals surface area contributed by atoms with Gasteiger partial charge in [0.25, 0.3) is 0 Å². The van der Waals surface area contributed by atoms with Crippen molar-refractivity contribution in [3.63, 3.8) is 0 Å². The summed E-state index contributed by atoms with van der Waals surface area (Å²) in [5.41, 5.74) is 1.39. The summed E-state index contributed by atoms with van der Waals surface area (Å²) in [6.07, 6.45) is 1.87. The molecule has 86 valence electrons. The van der Waals surface area contributed by atoms with Crippen LogP contribution in [0.25, 0.3) is 0 Å². The van der Waals surface area contributed by atoms with Gasteiger partial charge in [-0.3, -0.25) is 0 Å². The van der Waals surface area contributed by atoms with Gasteiger partial charge in [0, 0.05) is 13.0 Å². The van der Waals surface area contributed by atoms with E-state index in [2.05, 4.69) is 32.3 Å². The van der Waals surface area contributed by atoms with E-state index >= 15 is 0 Å². The molecule has 1 N–H and O–H groups in total. The van der Waals surface area contributed by atoms with Crippen LogP contribution in [-0.4, -0.2) is 23.2 Å². The van der Waals surface area contributed by atoms with Crippen molar-refractivity contribution in [3.8, 4) is 0 Å². The summed E-state index contributed by atoms with van der Waals surface area (Å²) in [4.78, 5) is 4.14. The number of aromatic nitrogens is 2. The van der Waals surface area contributed by atoms with Gasteiger partial charge in [0.1, 0.15) is 0 Å². The molecule has 2 aromatic rings. The summed E-state index contributed by atoms with van der Waals surface area (Å²) in [7, 11) is 0. The Bertz CT molecular complexity index is 411. The largest absolute Gasteiger partial charge is 0.339 e. The highest BCUT2D eigenvalue weighted by Crippen LogP contribution is 2.05. The average molecular weight is 237 g/mol. The van der Waals surface area contributed by atoms with Crippen LogP contribution >= 0.6 is 11.3 Å². The molecule has 2 aromatic heterocycles. The lowest BCUT2D eigenvalue weighted by molar-refractivity contribution is 0.372. The molecule has 0 atom stereocenters. The van der Waals surface area contributed by atoms with Gasteiger partial charge in [-0.2, -0.15) is 16.3 Å². The number of aryl methyl sites for hydroxylation is 1. The van der Waals surface area contributed by atoms with Crippen molar-refractivity contribution in [2.45, 2.75) is 19.8 Å². The highest BCUT2D eigenvalue weighted by atomic mass is 32.1. The van der Waals surface area contributed by atoms with Gasteiger partial charge in [-0.1, -0.05) is 5.16 Å². The van der Waals surface area contributed by atoms with Crippen molar-refractivity contribution in [2.24, 2.45) is 0 Å². The van der Waals surface area contributed by atoms with Gasteiger partial charge in [-0.15, -0.1) is 0 Å². The molecule has 0 radical (unpaired) electrons. The molecule has 0 aliphatic carbocycles. The molecule has 0 spiro atoms. The fourth-order valence-electron chi connectivity index (χ4n) is 1.43. The fraction of sp³-hybridized carbons (Fsp3) is 0.455. The van der Waals surface area contributed by atoms with E-state index in [1.807, 2.05) is 6.92 Å². The molecule has 5 heteroatoms. The zero-order valence-electron chi connectivity index (χ0n) is 9.27. The SMILES string of the molecule is Cc1noc(CCNCCc2ccsc2)n1. The van der Waals surface area contributed by atoms with Gasteiger partial charge in [-0.25, -0.2) is 0 Å². The molecule has 0 bridgehead atoms. The van der Waals surface area contributed by atoms with E-state index in [0.717, 1.165) is 25.9 Å². The average Bonchev–Trinajstić information content (AvgIpc) is 2.89. The van der Waals surface area contributed by atoms with Crippen molar-refractivity contribution in [2.75, 3.05) is 13.1 Å². The highest BCUT2D eigenvalue weighted by molar-refractivity contribution is 7.07. The van der Waals surface area contributed by atoms with Crippen LogP contribution in [0.5, 0.6) is 0 Å². The van der Waals surface area contributed by atoms with Crippen LogP contribution in [0.1, 0.15) is 17.3 Å². The van der Waals surface area contributed by atoms with E-state index in [1.54, 1.807) is 11.3 Å². The molecular weight excluding hydrogens is 222 g/mol. The predicted octanol–water partition coefficient (Wildman–Crippen LogP) is 1.81. The van der Waals surface area contributed by atoms with Crippen LogP contribution in [0.2, 0.25) is 0 Å². The van der Waals surface area contributed by atoms with Crippen LogP contribution in [0, 0.1) is 6.92 Å². The Morgan fingerprint density at radius 3 is 2.94 bits per heavy atom. The first-order valence-corrected chi connectivity index (χ1v) is 6.30. The van der Waals surface area contributed by atoms with E-state index in [-0.39, 0.29) is 0 Å². The second kappa shape index (κ2) is 5.77. The lowest BCUT2D eigenvalue weighted by Gasteiger charge is -2.00. The maximum Gasteiger partial charge on any atom is 0.227 e. The first-order valence-electron chi connectivity index (χ1n) is 5.35. The van der Waals surface area contributed by atoms with Crippen molar-refractivity contribution >= 4 is 11.3 Å². The topological polar surface area (TPSA) is 51.0 Å². The minimum atomic E-state index is 0.702. The molecule has 16 heavy (non-hydrogen) atoms. The molecule has 2 rings (SSSR count). The monoisotopic (exact) mass is 237 g/mol. The number of hydrogen-bond acceptors (Lipinski definition) is 5. The standard InChI is InChI=1S/C11H15N3OS/c1-9-13-11(15-14-9)3-6-12-5-2-10-4-7-16-8-10/h4,7-8,12H,2-3,5-6H2,1H3. The van der Waals surface area contributed by atoms with Crippen molar-refractivity contribution < 1.29 is 4.52 Å². The molecule has 2 heterocycles. The summed E-state index contributed by atoms with van der Waals surface area (Å²) in [5.74, 6) is 1.41. The van der Waals surface area contributed by atoms with Crippen LogP contribution < -0.4 is 5.32 Å². The van der Waals surface area contributed by atoms with E-state index in [4.69, 9.17) is 4.52 Å². The number of nitrogens with one attached hydrogen (secondary N) is 1. The van der Waals surface area contributed by atoms with Gasteiger partial charge in [0.05, 0.1) is 0 Å². The molecule has 0 aliphatic heterocycles. The molecule has 0 fully saturated rings. The van der Waals surface area contributed by atoms with Crippen LogP contribution in [0.4, 0.5) is 0 Å². The van der Waals surface area contributed by atoms with Crippen molar-refractivity contribution in [1.82, 2.24) is 15.5 Å². The molecule has 0 saturated carbocycles. The maximum absolute atomic E-state index is 5.02. The normalized spacial score (nSPS) is 10.8. The minimum Gasteiger partial charge on any atom is -0.339 e.